The van der Waals surface area contributed by atoms with E-state index in [1.165, 1.54) is 21.3 Å². The van der Waals surface area contributed by atoms with E-state index in [0.29, 0.717) is 34.1 Å². The fraction of sp³-hybridized carbons (Fsp3) is 0.222. The molecule has 24 heavy (non-hydrogen) atoms. The Hall–Kier alpha value is -3.02. The Kier molecular flexibility index (Phi) is 7.84. The van der Waals surface area contributed by atoms with Gasteiger partial charge in [0.1, 0.15) is 12.0 Å². The normalized spacial score (nSPS) is 9.17. The molecule has 0 aliphatic heterocycles. The van der Waals surface area contributed by atoms with Crippen LogP contribution >= 0.6 is 0 Å². The molecule has 2 aromatic rings. The zero-order valence-corrected chi connectivity index (χ0v) is 14.1. The number of ether oxygens (including phenoxy) is 4. The largest absolute Gasteiger partial charge is 0.496 e. The van der Waals surface area contributed by atoms with Crippen LogP contribution < -0.4 is 18.9 Å². The van der Waals surface area contributed by atoms with Gasteiger partial charge in [-0.1, -0.05) is 12.1 Å². The third-order valence-corrected chi connectivity index (χ3v) is 3.09. The van der Waals surface area contributed by atoms with E-state index >= 15 is 0 Å². The first kappa shape index (κ1) is 19.0. The number of carbonyl (C=O) groups is 2. The molecule has 0 aliphatic carbocycles. The smallest absolute Gasteiger partial charge is 0.203 e. The lowest BCUT2D eigenvalue weighted by atomic mass is 10.2. The molecule has 0 heterocycles. The van der Waals surface area contributed by atoms with Gasteiger partial charge in [0, 0.05) is 5.56 Å². The molecule has 0 unspecified atom stereocenters. The molecule has 0 aliphatic rings. The Labute approximate surface area is 140 Å². The Morgan fingerprint density at radius 2 is 1.25 bits per heavy atom. The molecule has 2 aromatic carbocycles. The highest BCUT2D eigenvalue weighted by Gasteiger charge is 2.12. The summed E-state index contributed by atoms with van der Waals surface area (Å²) in [5, 5.41) is 0. The molecule has 0 amide bonds. The van der Waals surface area contributed by atoms with Crippen molar-refractivity contribution in [3.05, 3.63) is 47.5 Å². The van der Waals surface area contributed by atoms with Crippen LogP contribution in [-0.4, -0.2) is 41.0 Å². The molecule has 0 N–H and O–H groups in total. The van der Waals surface area contributed by atoms with Crippen LogP contribution in [0.1, 0.15) is 20.7 Å². The first-order valence-electron chi connectivity index (χ1n) is 6.98. The first-order valence-corrected chi connectivity index (χ1v) is 6.98. The minimum Gasteiger partial charge on any atom is -0.496 e. The van der Waals surface area contributed by atoms with Crippen molar-refractivity contribution in [2.45, 2.75) is 0 Å². The Morgan fingerprint density at radius 3 is 1.62 bits per heavy atom. The second-order valence-electron chi connectivity index (χ2n) is 4.44. The van der Waals surface area contributed by atoms with E-state index in [1.807, 2.05) is 6.07 Å². The number of benzene rings is 2. The quantitative estimate of drug-likeness (QED) is 0.757. The summed E-state index contributed by atoms with van der Waals surface area (Å²) in [5.74, 6) is 2.07. The first-order chi connectivity index (χ1) is 11.6. The maximum absolute atomic E-state index is 10.6. The van der Waals surface area contributed by atoms with E-state index in [4.69, 9.17) is 18.9 Å². The van der Waals surface area contributed by atoms with Crippen LogP contribution in [0, 0.1) is 0 Å². The average Bonchev–Trinajstić information content (AvgIpc) is 2.66. The molecule has 0 spiro atoms. The van der Waals surface area contributed by atoms with Crippen molar-refractivity contribution in [1.29, 1.82) is 0 Å². The molecule has 128 valence electrons. The van der Waals surface area contributed by atoms with E-state index < -0.39 is 0 Å². The van der Waals surface area contributed by atoms with Gasteiger partial charge in [-0.2, -0.15) is 0 Å². The number of para-hydroxylation sites is 1. The van der Waals surface area contributed by atoms with E-state index in [0.717, 1.165) is 12.6 Å². The Bertz CT molecular complexity index is 656. The predicted molar refractivity (Wildman–Crippen MR) is 89.9 cm³/mol. The van der Waals surface area contributed by atoms with Crippen LogP contribution in [-0.2, 0) is 0 Å². The SMILES string of the molecule is COc1cc(C=O)cc(OC)c1OC.COc1ccccc1C=O. The van der Waals surface area contributed by atoms with E-state index in [-0.39, 0.29) is 0 Å². The molecule has 0 saturated heterocycles. The fourth-order valence-electron chi connectivity index (χ4n) is 1.93. The van der Waals surface area contributed by atoms with Gasteiger partial charge in [-0.3, -0.25) is 9.59 Å². The topological polar surface area (TPSA) is 71.1 Å². The van der Waals surface area contributed by atoms with E-state index in [2.05, 4.69) is 0 Å². The van der Waals surface area contributed by atoms with Crippen LogP contribution in [0.2, 0.25) is 0 Å². The number of carbonyl (C=O) groups excluding carboxylic acids is 2. The fourth-order valence-corrected chi connectivity index (χ4v) is 1.93. The number of methoxy groups -OCH3 is 4. The number of rotatable bonds is 6. The van der Waals surface area contributed by atoms with Gasteiger partial charge in [-0.05, 0) is 24.3 Å². The standard InChI is InChI=1S/C10H12O4.C8H8O2/c1-12-8-4-7(6-11)5-9(13-2)10(8)14-3;1-10-8-5-3-2-4-7(8)6-9/h4-6H,1-3H3;2-6H,1H3. The van der Waals surface area contributed by atoms with E-state index in [1.54, 1.807) is 37.4 Å². The van der Waals surface area contributed by atoms with Crippen LogP contribution in [0.5, 0.6) is 23.0 Å². The number of hydrogen-bond donors (Lipinski definition) is 0. The van der Waals surface area contributed by atoms with Crippen LogP contribution in [0.15, 0.2) is 36.4 Å². The zero-order valence-electron chi connectivity index (χ0n) is 14.1. The second kappa shape index (κ2) is 9.89. The maximum Gasteiger partial charge on any atom is 0.203 e. The molecule has 6 heteroatoms. The van der Waals surface area contributed by atoms with Gasteiger partial charge in [-0.25, -0.2) is 0 Å². The molecule has 0 saturated carbocycles. The van der Waals surface area contributed by atoms with Crippen LogP contribution in [0.4, 0.5) is 0 Å². The summed E-state index contributed by atoms with van der Waals surface area (Å²) < 4.78 is 20.1. The third kappa shape index (κ3) is 4.74. The second-order valence-corrected chi connectivity index (χ2v) is 4.44. The summed E-state index contributed by atoms with van der Waals surface area (Å²) >= 11 is 0. The lowest BCUT2D eigenvalue weighted by molar-refractivity contribution is 0.111. The lowest BCUT2D eigenvalue weighted by Gasteiger charge is -2.11. The molecular weight excluding hydrogens is 312 g/mol. The number of hydrogen-bond acceptors (Lipinski definition) is 6. The van der Waals surface area contributed by atoms with Crippen molar-refractivity contribution >= 4 is 12.6 Å². The molecule has 0 atom stereocenters. The molecule has 0 fully saturated rings. The van der Waals surface area contributed by atoms with E-state index in [9.17, 15) is 9.59 Å². The summed E-state index contributed by atoms with van der Waals surface area (Å²) in [7, 11) is 6.07. The monoisotopic (exact) mass is 332 g/mol. The Balaban J connectivity index is 0.000000254. The highest BCUT2D eigenvalue weighted by molar-refractivity contribution is 5.79. The maximum atomic E-state index is 10.6. The minimum atomic E-state index is 0.481. The highest BCUT2D eigenvalue weighted by atomic mass is 16.5. The molecule has 0 aromatic heterocycles. The molecular formula is C18H20O6. The van der Waals surface area contributed by atoms with Gasteiger partial charge >= 0.3 is 0 Å². The van der Waals surface area contributed by atoms with Crippen LogP contribution in [0.3, 0.4) is 0 Å². The van der Waals surface area contributed by atoms with Crippen LogP contribution in [0.25, 0.3) is 0 Å². The summed E-state index contributed by atoms with van der Waals surface area (Å²) in [4.78, 5) is 20.9. The lowest BCUT2D eigenvalue weighted by Crippen LogP contribution is -1.96. The summed E-state index contributed by atoms with van der Waals surface area (Å²) in [6, 6.07) is 10.3. The number of aldehydes is 2. The zero-order chi connectivity index (χ0) is 17.9. The van der Waals surface area contributed by atoms with Crippen molar-refractivity contribution in [2.24, 2.45) is 0 Å². The summed E-state index contributed by atoms with van der Waals surface area (Å²) in [5.41, 5.74) is 1.07. The van der Waals surface area contributed by atoms with Crippen molar-refractivity contribution in [3.63, 3.8) is 0 Å². The van der Waals surface area contributed by atoms with Gasteiger partial charge in [0.15, 0.2) is 17.8 Å². The third-order valence-electron chi connectivity index (χ3n) is 3.09. The average molecular weight is 332 g/mol. The van der Waals surface area contributed by atoms with Crippen molar-refractivity contribution < 1.29 is 28.5 Å². The van der Waals surface area contributed by atoms with Gasteiger partial charge in [0.05, 0.1) is 34.0 Å². The Morgan fingerprint density at radius 1 is 0.708 bits per heavy atom. The van der Waals surface area contributed by atoms with Crippen molar-refractivity contribution in [1.82, 2.24) is 0 Å². The summed E-state index contributed by atoms with van der Waals surface area (Å²) in [6.45, 7) is 0. The highest BCUT2D eigenvalue weighted by Crippen LogP contribution is 2.37. The predicted octanol–water partition coefficient (Wildman–Crippen LogP) is 3.03. The van der Waals surface area contributed by atoms with Crippen molar-refractivity contribution in [3.8, 4) is 23.0 Å². The molecule has 0 radical (unpaired) electrons. The molecule has 0 bridgehead atoms. The van der Waals surface area contributed by atoms with Crippen molar-refractivity contribution in [2.75, 3.05) is 28.4 Å². The minimum absolute atomic E-state index is 0.481. The van der Waals surface area contributed by atoms with Gasteiger partial charge in [0.25, 0.3) is 0 Å². The molecule has 2 rings (SSSR count). The molecule has 6 nitrogen and oxygen atoms in total. The van der Waals surface area contributed by atoms with Gasteiger partial charge < -0.3 is 18.9 Å². The van der Waals surface area contributed by atoms with Gasteiger partial charge in [-0.15, -0.1) is 0 Å². The summed E-state index contributed by atoms with van der Waals surface area (Å²) in [6.07, 6.45) is 1.50. The van der Waals surface area contributed by atoms with Gasteiger partial charge in [0.2, 0.25) is 5.75 Å².